The molecule has 0 radical (unpaired) electrons. The molecule has 3 rings (SSSR count). The first-order valence-corrected chi connectivity index (χ1v) is 6.40. The molecule has 1 aliphatic carbocycles. The van der Waals surface area contributed by atoms with E-state index in [0.717, 1.165) is 12.8 Å². The average Bonchev–Trinajstić information content (AvgIpc) is 2.96. The minimum absolute atomic E-state index is 0.223. The Balaban J connectivity index is 1.88. The minimum Gasteiger partial charge on any atom is -0.399 e. The van der Waals surface area contributed by atoms with Gasteiger partial charge in [0.25, 0.3) is 0 Å². The first kappa shape index (κ1) is 12.2. The Morgan fingerprint density at radius 3 is 2.33 bits per heavy atom. The van der Waals surface area contributed by atoms with E-state index < -0.39 is 18.3 Å². The van der Waals surface area contributed by atoms with Gasteiger partial charge in [-0.1, -0.05) is 0 Å². The standard InChI is InChI=1S/C12H18BFN2O2/c1-11(2)12(3,4)18-13(17-11)9-7-15-16(10(9)14)8-5-6-8/h7-8H,5-6H2,1-4H3. The maximum Gasteiger partial charge on any atom is 0.501 e. The van der Waals surface area contributed by atoms with Crippen LogP contribution in [0, 0.1) is 5.95 Å². The molecule has 1 saturated carbocycles. The second kappa shape index (κ2) is 3.57. The molecule has 0 N–H and O–H groups in total. The highest BCUT2D eigenvalue weighted by Crippen LogP contribution is 2.38. The number of nitrogens with zero attached hydrogens (tertiary/aromatic N) is 2. The van der Waals surface area contributed by atoms with Crippen molar-refractivity contribution in [1.29, 1.82) is 0 Å². The fourth-order valence-corrected chi connectivity index (χ4v) is 2.06. The van der Waals surface area contributed by atoms with Crippen molar-refractivity contribution in [2.75, 3.05) is 0 Å². The van der Waals surface area contributed by atoms with Gasteiger partial charge < -0.3 is 9.31 Å². The maximum absolute atomic E-state index is 14.2. The zero-order chi connectivity index (χ0) is 13.1. The van der Waals surface area contributed by atoms with E-state index in [2.05, 4.69) is 5.10 Å². The fourth-order valence-electron chi connectivity index (χ4n) is 2.06. The summed E-state index contributed by atoms with van der Waals surface area (Å²) in [6, 6.07) is 0.223. The second-order valence-electron chi connectivity index (χ2n) is 6.15. The van der Waals surface area contributed by atoms with Crippen molar-refractivity contribution in [3.63, 3.8) is 0 Å². The molecule has 0 amide bonds. The number of hydrogen-bond acceptors (Lipinski definition) is 3. The molecule has 1 aliphatic heterocycles. The Labute approximate surface area is 107 Å². The van der Waals surface area contributed by atoms with Crippen LogP contribution >= 0.6 is 0 Å². The van der Waals surface area contributed by atoms with Crippen LogP contribution in [-0.2, 0) is 9.31 Å². The third-order valence-electron chi connectivity index (χ3n) is 4.16. The highest BCUT2D eigenvalue weighted by atomic mass is 19.1. The van der Waals surface area contributed by atoms with E-state index in [9.17, 15) is 4.39 Å². The lowest BCUT2D eigenvalue weighted by atomic mass is 9.81. The monoisotopic (exact) mass is 252 g/mol. The predicted octanol–water partition coefficient (Wildman–Crippen LogP) is 1.66. The summed E-state index contributed by atoms with van der Waals surface area (Å²) in [4.78, 5) is 0. The predicted molar refractivity (Wildman–Crippen MR) is 66.2 cm³/mol. The van der Waals surface area contributed by atoms with Gasteiger partial charge in [-0.25, -0.2) is 4.68 Å². The van der Waals surface area contributed by atoms with Crippen LogP contribution in [0.1, 0.15) is 46.6 Å². The van der Waals surface area contributed by atoms with Crippen molar-refractivity contribution in [1.82, 2.24) is 9.78 Å². The molecule has 0 spiro atoms. The van der Waals surface area contributed by atoms with Crippen molar-refractivity contribution >= 4 is 12.6 Å². The quantitative estimate of drug-likeness (QED) is 0.751. The molecule has 2 heterocycles. The van der Waals surface area contributed by atoms with E-state index in [-0.39, 0.29) is 12.0 Å². The molecule has 18 heavy (non-hydrogen) atoms. The smallest absolute Gasteiger partial charge is 0.399 e. The molecule has 98 valence electrons. The number of rotatable bonds is 2. The van der Waals surface area contributed by atoms with Gasteiger partial charge in [0.2, 0.25) is 5.95 Å². The third-order valence-corrected chi connectivity index (χ3v) is 4.16. The van der Waals surface area contributed by atoms with Crippen LogP contribution in [0.4, 0.5) is 4.39 Å². The summed E-state index contributed by atoms with van der Waals surface area (Å²) >= 11 is 0. The lowest BCUT2D eigenvalue weighted by Gasteiger charge is -2.32. The van der Waals surface area contributed by atoms with Gasteiger partial charge in [-0.3, -0.25) is 0 Å². The molecule has 6 heteroatoms. The van der Waals surface area contributed by atoms with Crippen LogP contribution in [0.15, 0.2) is 6.20 Å². The number of hydrogen-bond donors (Lipinski definition) is 0. The normalized spacial score (nSPS) is 25.7. The zero-order valence-electron chi connectivity index (χ0n) is 11.2. The fraction of sp³-hybridized carbons (Fsp3) is 0.750. The van der Waals surface area contributed by atoms with Crippen LogP contribution in [0.3, 0.4) is 0 Å². The Kier molecular flexibility index (Phi) is 2.42. The lowest BCUT2D eigenvalue weighted by Crippen LogP contribution is -2.41. The van der Waals surface area contributed by atoms with Gasteiger partial charge in [-0.05, 0) is 40.5 Å². The van der Waals surface area contributed by atoms with Crippen molar-refractivity contribution in [3.05, 3.63) is 12.1 Å². The van der Waals surface area contributed by atoms with E-state index in [1.807, 2.05) is 27.7 Å². The van der Waals surface area contributed by atoms with Gasteiger partial charge in [0, 0.05) is 0 Å². The summed E-state index contributed by atoms with van der Waals surface area (Å²) in [6.45, 7) is 7.82. The Hall–Kier alpha value is -0.875. The summed E-state index contributed by atoms with van der Waals surface area (Å²) in [5.74, 6) is -0.323. The molecule has 2 fully saturated rings. The maximum atomic E-state index is 14.2. The second-order valence-corrected chi connectivity index (χ2v) is 6.15. The van der Waals surface area contributed by atoms with E-state index in [4.69, 9.17) is 9.31 Å². The largest absolute Gasteiger partial charge is 0.501 e. The van der Waals surface area contributed by atoms with Gasteiger partial charge >= 0.3 is 7.12 Å². The molecule has 1 saturated heterocycles. The molecule has 0 unspecified atom stereocenters. The highest BCUT2D eigenvalue weighted by Gasteiger charge is 2.53. The lowest BCUT2D eigenvalue weighted by molar-refractivity contribution is 0.00578. The SMILES string of the molecule is CC1(C)OB(c2cnn(C3CC3)c2F)OC1(C)C. The number of halogens is 1. The molecule has 1 aromatic heterocycles. The van der Waals surface area contributed by atoms with Crippen LogP contribution < -0.4 is 5.46 Å². The molecule has 1 aromatic rings. The van der Waals surface area contributed by atoms with E-state index in [1.165, 1.54) is 10.9 Å². The van der Waals surface area contributed by atoms with Crippen LogP contribution in [0.5, 0.6) is 0 Å². The summed E-state index contributed by atoms with van der Waals surface area (Å²) in [7, 11) is -0.664. The topological polar surface area (TPSA) is 36.3 Å². The van der Waals surface area contributed by atoms with Gasteiger partial charge in [0.15, 0.2) is 0 Å². The molecular weight excluding hydrogens is 234 g/mol. The van der Waals surface area contributed by atoms with E-state index in [1.54, 1.807) is 0 Å². The van der Waals surface area contributed by atoms with Crippen LogP contribution in [-0.4, -0.2) is 28.1 Å². The number of aromatic nitrogens is 2. The molecule has 0 bridgehead atoms. The average molecular weight is 252 g/mol. The first-order valence-electron chi connectivity index (χ1n) is 6.40. The summed E-state index contributed by atoms with van der Waals surface area (Å²) in [5.41, 5.74) is -0.502. The summed E-state index contributed by atoms with van der Waals surface area (Å²) in [6.07, 6.45) is 3.53. The van der Waals surface area contributed by atoms with Gasteiger partial charge in [-0.2, -0.15) is 9.49 Å². The third kappa shape index (κ3) is 1.70. The van der Waals surface area contributed by atoms with Gasteiger partial charge in [-0.15, -0.1) is 0 Å². The molecule has 0 aromatic carbocycles. The van der Waals surface area contributed by atoms with Gasteiger partial charge in [0.05, 0.1) is 28.9 Å². The summed E-state index contributed by atoms with van der Waals surface area (Å²) < 4.78 is 27.3. The van der Waals surface area contributed by atoms with Crippen LogP contribution in [0.2, 0.25) is 0 Å². The minimum atomic E-state index is -0.664. The Morgan fingerprint density at radius 1 is 1.28 bits per heavy atom. The Bertz CT molecular complexity index is 466. The molecule has 2 aliphatic rings. The summed E-state index contributed by atoms with van der Waals surface area (Å²) in [5, 5.41) is 4.10. The van der Waals surface area contributed by atoms with Crippen molar-refractivity contribution in [3.8, 4) is 0 Å². The van der Waals surface area contributed by atoms with E-state index >= 15 is 0 Å². The van der Waals surface area contributed by atoms with Crippen molar-refractivity contribution in [2.24, 2.45) is 0 Å². The van der Waals surface area contributed by atoms with Crippen LogP contribution in [0.25, 0.3) is 0 Å². The van der Waals surface area contributed by atoms with Crippen molar-refractivity contribution in [2.45, 2.75) is 57.8 Å². The molecule has 0 atom stereocenters. The van der Waals surface area contributed by atoms with Gasteiger partial charge in [0.1, 0.15) is 0 Å². The molecular formula is C12H18BFN2O2. The Morgan fingerprint density at radius 2 is 1.83 bits per heavy atom. The van der Waals surface area contributed by atoms with Crippen molar-refractivity contribution < 1.29 is 13.7 Å². The zero-order valence-corrected chi connectivity index (χ0v) is 11.2. The first-order chi connectivity index (χ1) is 8.32. The highest BCUT2D eigenvalue weighted by molar-refractivity contribution is 6.62. The molecule has 4 nitrogen and oxygen atoms in total. The van der Waals surface area contributed by atoms with E-state index in [0.29, 0.717) is 5.46 Å².